The summed E-state index contributed by atoms with van der Waals surface area (Å²) in [5, 5.41) is 3.04. The molecule has 0 aromatic rings. The maximum Gasteiger partial charge on any atom is 0.132 e. The second kappa shape index (κ2) is 2.17. The van der Waals surface area contributed by atoms with Crippen LogP contribution in [0.4, 0.5) is 4.39 Å². The first-order valence-electron chi connectivity index (χ1n) is 3.82. The van der Waals surface area contributed by atoms with Gasteiger partial charge < -0.3 is 10.1 Å². The van der Waals surface area contributed by atoms with E-state index in [4.69, 9.17) is 4.74 Å². The number of ether oxygens (including phenoxy) is 1. The molecule has 2 aliphatic rings. The van der Waals surface area contributed by atoms with Crippen molar-refractivity contribution >= 4 is 0 Å². The van der Waals surface area contributed by atoms with E-state index in [2.05, 4.69) is 5.32 Å². The second-order valence-corrected chi connectivity index (χ2v) is 3.13. The molecule has 1 unspecified atom stereocenters. The van der Waals surface area contributed by atoms with E-state index < -0.39 is 11.8 Å². The molecule has 0 bridgehead atoms. The number of halogens is 1. The van der Waals surface area contributed by atoms with E-state index in [0.29, 0.717) is 19.5 Å². The van der Waals surface area contributed by atoms with Gasteiger partial charge in [0.05, 0.1) is 0 Å². The van der Waals surface area contributed by atoms with Crippen LogP contribution in [0.15, 0.2) is 0 Å². The van der Waals surface area contributed by atoms with Gasteiger partial charge in [0, 0.05) is 19.7 Å². The first-order chi connectivity index (χ1) is 4.83. The van der Waals surface area contributed by atoms with Crippen molar-refractivity contribution in [2.45, 2.75) is 24.6 Å². The number of nitrogens with one attached hydrogen (secondary N) is 1. The summed E-state index contributed by atoms with van der Waals surface area (Å²) in [7, 11) is 0. The highest BCUT2D eigenvalue weighted by Crippen LogP contribution is 2.30. The molecular weight excluding hydrogens is 133 g/mol. The van der Waals surface area contributed by atoms with Crippen molar-refractivity contribution < 1.29 is 9.13 Å². The minimum absolute atomic E-state index is 0.418. The van der Waals surface area contributed by atoms with Crippen molar-refractivity contribution in [3.05, 3.63) is 0 Å². The Labute approximate surface area is 59.7 Å². The summed E-state index contributed by atoms with van der Waals surface area (Å²) in [5.74, 6) is 0. The molecule has 0 aromatic heterocycles. The van der Waals surface area contributed by atoms with Gasteiger partial charge in [0.2, 0.25) is 0 Å². The standard InChI is InChI=1S/C7H12FNO/c8-6-2-1-3-10-7(6)4-9-5-7/h6,9H,1-5H2. The van der Waals surface area contributed by atoms with Crippen LogP contribution in [0.1, 0.15) is 12.8 Å². The van der Waals surface area contributed by atoms with Crippen LogP contribution in [0, 0.1) is 0 Å². The van der Waals surface area contributed by atoms with Gasteiger partial charge >= 0.3 is 0 Å². The Hall–Kier alpha value is -0.150. The molecular formula is C7H12FNO. The maximum atomic E-state index is 13.1. The van der Waals surface area contributed by atoms with Crippen LogP contribution in [-0.2, 0) is 4.74 Å². The summed E-state index contributed by atoms with van der Waals surface area (Å²) in [6, 6.07) is 0. The Morgan fingerprint density at radius 3 is 2.70 bits per heavy atom. The molecule has 58 valence electrons. The Balaban J connectivity index is 2.03. The summed E-state index contributed by atoms with van der Waals surface area (Å²) in [6.07, 6.45) is 0.826. The van der Waals surface area contributed by atoms with Gasteiger partial charge in [-0.2, -0.15) is 0 Å². The van der Waals surface area contributed by atoms with E-state index in [1.165, 1.54) is 0 Å². The fraction of sp³-hybridized carbons (Fsp3) is 1.00. The highest BCUT2D eigenvalue weighted by molar-refractivity contribution is 5.02. The number of hydrogen-bond acceptors (Lipinski definition) is 2. The highest BCUT2D eigenvalue weighted by atomic mass is 19.1. The van der Waals surface area contributed by atoms with Crippen LogP contribution in [0.5, 0.6) is 0 Å². The first-order valence-corrected chi connectivity index (χ1v) is 3.82. The summed E-state index contributed by atoms with van der Waals surface area (Å²) in [5.41, 5.74) is -0.418. The van der Waals surface area contributed by atoms with Crippen LogP contribution >= 0.6 is 0 Å². The lowest BCUT2D eigenvalue weighted by Gasteiger charge is -2.47. The molecule has 1 N–H and O–H groups in total. The molecule has 2 aliphatic heterocycles. The molecule has 2 saturated heterocycles. The quantitative estimate of drug-likeness (QED) is 0.535. The normalized spacial score (nSPS) is 37.5. The lowest BCUT2D eigenvalue weighted by atomic mass is 9.86. The lowest BCUT2D eigenvalue weighted by molar-refractivity contribution is -0.154. The summed E-state index contributed by atoms with van der Waals surface area (Å²) >= 11 is 0. The van der Waals surface area contributed by atoms with Crippen molar-refractivity contribution in [1.82, 2.24) is 5.32 Å². The molecule has 0 aromatic carbocycles. The fourth-order valence-electron chi connectivity index (χ4n) is 1.59. The molecule has 10 heavy (non-hydrogen) atoms. The minimum atomic E-state index is -0.734. The maximum absolute atomic E-state index is 13.1. The molecule has 2 nitrogen and oxygen atoms in total. The molecule has 1 spiro atoms. The summed E-state index contributed by atoms with van der Waals surface area (Å²) in [4.78, 5) is 0. The van der Waals surface area contributed by atoms with E-state index in [0.717, 1.165) is 13.0 Å². The molecule has 0 amide bonds. The van der Waals surface area contributed by atoms with Crippen LogP contribution in [0.3, 0.4) is 0 Å². The van der Waals surface area contributed by atoms with Gasteiger partial charge in [-0.1, -0.05) is 0 Å². The number of alkyl halides is 1. The van der Waals surface area contributed by atoms with Crippen molar-refractivity contribution in [2.24, 2.45) is 0 Å². The van der Waals surface area contributed by atoms with Gasteiger partial charge in [-0.3, -0.25) is 0 Å². The average Bonchev–Trinajstić information content (AvgIpc) is 1.85. The molecule has 3 heteroatoms. The zero-order valence-electron chi connectivity index (χ0n) is 5.90. The van der Waals surface area contributed by atoms with Gasteiger partial charge in [0.1, 0.15) is 11.8 Å². The lowest BCUT2D eigenvalue weighted by Crippen LogP contribution is -2.67. The van der Waals surface area contributed by atoms with Gasteiger partial charge in [0.15, 0.2) is 0 Å². The van der Waals surface area contributed by atoms with E-state index in [1.807, 2.05) is 0 Å². The van der Waals surface area contributed by atoms with Crippen LogP contribution in [0.2, 0.25) is 0 Å². The Morgan fingerprint density at radius 1 is 1.50 bits per heavy atom. The largest absolute Gasteiger partial charge is 0.369 e. The smallest absolute Gasteiger partial charge is 0.132 e. The van der Waals surface area contributed by atoms with Gasteiger partial charge in [0.25, 0.3) is 0 Å². The highest BCUT2D eigenvalue weighted by Gasteiger charge is 2.47. The number of rotatable bonds is 0. The monoisotopic (exact) mass is 145 g/mol. The predicted octanol–water partition coefficient (Wildman–Crippen LogP) is 0.477. The third kappa shape index (κ3) is 0.772. The second-order valence-electron chi connectivity index (χ2n) is 3.13. The SMILES string of the molecule is FC1CCCOC12CNC2. The van der Waals surface area contributed by atoms with Gasteiger partial charge in [-0.15, -0.1) is 0 Å². The molecule has 2 rings (SSSR count). The molecule has 0 radical (unpaired) electrons. The fourth-order valence-corrected chi connectivity index (χ4v) is 1.59. The minimum Gasteiger partial charge on any atom is -0.369 e. The van der Waals surface area contributed by atoms with Crippen molar-refractivity contribution in [3.63, 3.8) is 0 Å². The summed E-state index contributed by atoms with van der Waals surface area (Å²) in [6.45, 7) is 2.14. The molecule has 2 heterocycles. The third-order valence-electron chi connectivity index (χ3n) is 2.41. The van der Waals surface area contributed by atoms with Crippen molar-refractivity contribution in [1.29, 1.82) is 0 Å². The van der Waals surface area contributed by atoms with Gasteiger partial charge in [-0.05, 0) is 12.8 Å². The molecule has 2 fully saturated rings. The van der Waals surface area contributed by atoms with Crippen molar-refractivity contribution in [3.8, 4) is 0 Å². The molecule has 0 aliphatic carbocycles. The van der Waals surface area contributed by atoms with E-state index >= 15 is 0 Å². The predicted molar refractivity (Wildman–Crippen MR) is 35.7 cm³/mol. The zero-order valence-corrected chi connectivity index (χ0v) is 5.90. The topological polar surface area (TPSA) is 21.3 Å². The van der Waals surface area contributed by atoms with Crippen LogP contribution in [-0.4, -0.2) is 31.5 Å². The zero-order chi connectivity index (χ0) is 7.03. The van der Waals surface area contributed by atoms with Crippen LogP contribution in [0.25, 0.3) is 0 Å². The summed E-state index contributed by atoms with van der Waals surface area (Å²) < 4.78 is 18.5. The molecule has 0 saturated carbocycles. The Morgan fingerprint density at radius 2 is 2.30 bits per heavy atom. The number of hydrogen-bond donors (Lipinski definition) is 1. The van der Waals surface area contributed by atoms with E-state index in [1.54, 1.807) is 0 Å². The third-order valence-corrected chi connectivity index (χ3v) is 2.41. The Bertz CT molecular complexity index is 136. The van der Waals surface area contributed by atoms with Crippen molar-refractivity contribution in [2.75, 3.05) is 19.7 Å². The average molecular weight is 145 g/mol. The van der Waals surface area contributed by atoms with Gasteiger partial charge in [-0.25, -0.2) is 4.39 Å². The Kier molecular flexibility index (Phi) is 1.42. The van der Waals surface area contributed by atoms with E-state index in [-0.39, 0.29) is 0 Å². The first kappa shape index (κ1) is 6.55. The molecule has 1 atom stereocenters. The van der Waals surface area contributed by atoms with E-state index in [9.17, 15) is 4.39 Å². The van der Waals surface area contributed by atoms with Crippen LogP contribution < -0.4 is 5.32 Å².